The van der Waals surface area contributed by atoms with Crippen molar-refractivity contribution in [1.82, 2.24) is 9.80 Å². The third kappa shape index (κ3) is 4.49. The van der Waals surface area contributed by atoms with E-state index in [-0.39, 0.29) is 11.8 Å². The van der Waals surface area contributed by atoms with Gasteiger partial charge in [0.05, 0.1) is 0 Å². The molecule has 0 spiro atoms. The summed E-state index contributed by atoms with van der Waals surface area (Å²) in [7, 11) is 0. The van der Waals surface area contributed by atoms with Crippen molar-refractivity contribution in [2.75, 3.05) is 18.4 Å². The van der Waals surface area contributed by atoms with Crippen LogP contribution in [0.15, 0.2) is 18.2 Å². The molecule has 2 atom stereocenters. The van der Waals surface area contributed by atoms with Gasteiger partial charge in [-0.25, -0.2) is 0 Å². The van der Waals surface area contributed by atoms with Gasteiger partial charge in [0, 0.05) is 18.8 Å². The molecular weight excluding hydrogens is 342 g/mol. The molecule has 2 aliphatic heterocycles. The highest BCUT2D eigenvalue weighted by molar-refractivity contribution is 5.98. The molecule has 3 amide bonds. The van der Waals surface area contributed by atoms with Gasteiger partial charge in [-0.15, -0.1) is 0 Å². The number of nitrogens with one attached hydrogen (secondary N) is 1. The number of likely N-dealkylation sites (tertiary alicyclic amines) is 2. The number of rotatable bonds is 4. The van der Waals surface area contributed by atoms with Gasteiger partial charge in [0.2, 0.25) is 18.2 Å². The Morgan fingerprint density at radius 3 is 2.26 bits per heavy atom. The van der Waals surface area contributed by atoms with Crippen LogP contribution in [0.25, 0.3) is 0 Å². The first-order valence-corrected chi connectivity index (χ1v) is 9.90. The van der Waals surface area contributed by atoms with Crippen LogP contribution in [0.5, 0.6) is 0 Å². The summed E-state index contributed by atoms with van der Waals surface area (Å²) >= 11 is 0. The molecule has 2 saturated heterocycles. The lowest BCUT2D eigenvalue weighted by Gasteiger charge is -2.40. The Labute approximate surface area is 160 Å². The number of carbonyl (C=O) groups is 3. The van der Waals surface area contributed by atoms with Crippen LogP contribution in [0.1, 0.15) is 49.7 Å². The Hall–Kier alpha value is -2.37. The van der Waals surface area contributed by atoms with Crippen LogP contribution >= 0.6 is 0 Å². The first-order valence-electron chi connectivity index (χ1n) is 9.90. The molecule has 0 bridgehead atoms. The highest BCUT2D eigenvalue weighted by Crippen LogP contribution is 2.24. The minimum absolute atomic E-state index is 0.0814. The van der Waals surface area contributed by atoms with Crippen LogP contribution in [0, 0.1) is 13.8 Å². The minimum Gasteiger partial charge on any atom is -0.333 e. The summed E-state index contributed by atoms with van der Waals surface area (Å²) in [5.41, 5.74) is 2.94. The maximum Gasteiger partial charge on any atom is 0.247 e. The molecule has 2 fully saturated rings. The van der Waals surface area contributed by atoms with E-state index in [2.05, 4.69) is 11.4 Å². The van der Waals surface area contributed by atoms with Crippen molar-refractivity contribution in [2.24, 2.45) is 0 Å². The third-order valence-electron chi connectivity index (χ3n) is 5.54. The molecule has 0 aromatic heterocycles. The summed E-state index contributed by atoms with van der Waals surface area (Å²) in [6.45, 7) is 5.19. The maximum atomic E-state index is 13.1. The molecule has 0 saturated carbocycles. The fourth-order valence-electron chi connectivity index (χ4n) is 4.28. The minimum atomic E-state index is -0.470. The van der Waals surface area contributed by atoms with E-state index in [1.54, 1.807) is 9.80 Å². The van der Waals surface area contributed by atoms with Crippen molar-refractivity contribution in [2.45, 2.75) is 64.5 Å². The van der Waals surface area contributed by atoms with Gasteiger partial charge in [0.25, 0.3) is 0 Å². The second-order valence-electron chi connectivity index (χ2n) is 7.76. The second-order valence-corrected chi connectivity index (χ2v) is 7.76. The molecule has 0 unspecified atom stereocenters. The topological polar surface area (TPSA) is 69.7 Å². The summed E-state index contributed by atoms with van der Waals surface area (Å²) < 4.78 is 0. The number of amides is 3. The zero-order valence-electron chi connectivity index (χ0n) is 16.2. The zero-order chi connectivity index (χ0) is 19.4. The van der Waals surface area contributed by atoms with Gasteiger partial charge >= 0.3 is 0 Å². The Balaban J connectivity index is 1.75. The number of benzene rings is 1. The molecule has 2 heterocycles. The van der Waals surface area contributed by atoms with Crippen LogP contribution in [-0.4, -0.2) is 53.2 Å². The quantitative estimate of drug-likeness (QED) is 0.827. The summed E-state index contributed by atoms with van der Waals surface area (Å²) in [6, 6.07) is 5.04. The van der Waals surface area contributed by atoms with E-state index in [0.717, 1.165) is 48.9 Å². The van der Waals surface area contributed by atoms with E-state index < -0.39 is 12.1 Å². The number of hydrogen-bond donors (Lipinski definition) is 1. The van der Waals surface area contributed by atoms with E-state index in [0.29, 0.717) is 25.9 Å². The number of anilines is 1. The Morgan fingerprint density at radius 2 is 1.59 bits per heavy atom. The number of piperidine rings is 2. The predicted octanol–water partition coefficient (Wildman–Crippen LogP) is 2.63. The lowest BCUT2D eigenvalue weighted by atomic mass is 9.96. The Kier molecular flexibility index (Phi) is 6.14. The number of carbonyl (C=O) groups excluding carboxylic acids is 3. The van der Waals surface area contributed by atoms with Gasteiger partial charge in [-0.1, -0.05) is 6.07 Å². The van der Waals surface area contributed by atoms with Crippen molar-refractivity contribution >= 4 is 23.9 Å². The molecule has 1 aromatic rings. The average molecular weight is 371 g/mol. The van der Waals surface area contributed by atoms with Gasteiger partial charge in [-0.05, 0) is 75.6 Å². The molecule has 146 valence electrons. The van der Waals surface area contributed by atoms with Crippen molar-refractivity contribution < 1.29 is 14.4 Å². The standard InChI is InChI=1S/C21H29N3O3/c1-15-11-16(2)13-17(12-15)22-20(26)18-7-4-6-10-24(18)21(27)19-8-3-5-9-23(19)14-25/h11-14,18-19H,3-10H2,1-2H3,(H,22,26)/t18-,19+/m0/s1. The molecule has 1 aromatic carbocycles. The van der Waals surface area contributed by atoms with E-state index in [4.69, 9.17) is 0 Å². The summed E-state index contributed by atoms with van der Waals surface area (Å²) in [6.07, 6.45) is 5.81. The normalized spacial score (nSPS) is 23.0. The highest BCUT2D eigenvalue weighted by atomic mass is 16.2. The maximum absolute atomic E-state index is 13.1. The highest BCUT2D eigenvalue weighted by Gasteiger charge is 2.38. The van der Waals surface area contributed by atoms with Gasteiger partial charge < -0.3 is 15.1 Å². The van der Waals surface area contributed by atoms with Crippen molar-refractivity contribution in [3.05, 3.63) is 29.3 Å². The van der Waals surface area contributed by atoms with Gasteiger partial charge in [-0.2, -0.15) is 0 Å². The molecule has 6 heteroatoms. The lowest BCUT2D eigenvalue weighted by Crippen LogP contribution is -2.57. The number of nitrogens with zero attached hydrogens (tertiary/aromatic N) is 2. The van der Waals surface area contributed by atoms with Gasteiger partial charge in [0.15, 0.2) is 0 Å². The Morgan fingerprint density at radius 1 is 0.963 bits per heavy atom. The van der Waals surface area contributed by atoms with Crippen molar-refractivity contribution in [3.8, 4) is 0 Å². The van der Waals surface area contributed by atoms with Gasteiger partial charge in [0.1, 0.15) is 12.1 Å². The van der Waals surface area contributed by atoms with E-state index in [1.165, 1.54) is 0 Å². The first-order chi connectivity index (χ1) is 13.0. The smallest absolute Gasteiger partial charge is 0.247 e. The number of hydrogen-bond acceptors (Lipinski definition) is 3. The average Bonchev–Trinajstić information content (AvgIpc) is 2.66. The monoisotopic (exact) mass is 371 g/mol. The lowest BCUT2D eigenvalue weighted by molar-refractivity contribution is -0.148. The van der Waals surface area contributed by atoms with Crippen molar-refractivity contribution in [3.63, 3.8) is 0 Å². The van der Waals surface area contributed by atoms with Crippen LogP contribution < -0.4 is 5.32 Å². The van der Waals surface area contributed by atoms with Crippen LogP contribution in [0.4, 0.5) is 5.69 Å². The molecule has 6 nitrogen and oxygen atoms in total. The molecule has 3 rings (SSSR count). The van der Waals surface area contributed by atoms with Crippen LogP contribution in [-0.2, 0) is 14.4 Å². The summed E-state index contributed by atoms with van der Waals surface area (Å²) in [5.74, 6) is -0.219. The van der Waals surface area contributed by atoms with E-state index in [1.807, 2.05) is 26.0 Å². The molecule has 1 N–H and O–H groups in total. The first kappa shape index (κ1) is 19.4. The Bertz CT molecular complexity index is 698. The number of aryl methyl sites for hydroxylation is 2. The fourth-order valence-corrected chi connectivity index (χ4v) is 4.28. The fraction of sp³-hybridized carbons (Fsp3) is 0.571. The molecular formula is C21H29N3O3. The largest absolute Gasteiger partial charge is 0.333 e. The van der Waals surface area contributed by atoms with Crippen LogP contribution in [0.3, 0.4) is 0 Å². The zero-order valence-corrected chi connectivity index (χ0v) is 16.2. The summed E-state index contributed by atoms with van der Waals surface area (Å²) in [4.78, 5) is 40.7. The SMILES string of the molecule is Cc1cc(C)cc(NC(=O)[C@@H]2CCCCN2C(=O)[C@H]2CCCCN2C=O)c1. The summed E-state index contributed by atoms with van der Waals surface area (Å²) in [5, 5.41) is 2.99. The van der Waals surface area contributed by atoms with Gasteiger partial charge in [-0.3, -0.25) is 14.4 Å². The van der Waals surface area contributed by atoms with Crippen molar-refractivity contribution in [1.29, 1.82) is 0 Å². The molecule has 27 heavy (non-hydrogen) atoms. The predicted molar refractivity (Wildman–Crippen MR) is 104 cm³/mol. The van der Waals surface area contributed by atoms with Crippen LogP contribution in [0.2, 0.25) is 0 Å². The van der Waals surface area contributed by atoms with E-state index in [9.17, 15) is 14.4 Å². The molecule has 0 aliphatic carbocycles. The molecule has 0 radical (unpaired) electrons. The third-order valence-corrected chi connectivity index (χ3v) is 5.54. The van der Waals surface area contributed by atoms with E-state index >= 15 is 0 Å². The second kappa shape index (κ2) is 8.55. The molecule has 2 aliphatic rings.